The Labute approximate surface area is 146 Å². The van der Waals surface area contributed by atoms with Crippen LogP contribution in [0.5, 0.6) is 0 Å². The Hall–Kier alpha value is -3.49. The molecular formula is C20H16N4O. The van der Waals surface area contributed by atoms with Gasteiger partial charge in [0.2, 0.25) is 5.88 Å². The van der Waals surface area contributed by atoms with Crippen LogP contribution in [0.1, 0.15) is 13.3 Å². The predicted octanol–water partition coefficient (Wildman–Crippen LogP) is 2.95. The van der Waals surface area contributed by atoms with Gasteiger partial charge in [-0.2, -0.15) is 15.5 Å². The Morgan fingerprint density at radius 2 is 2.04 bits per heavy atom. The third-order valence-electron chi connectivity index (χ3n) is 4.36. The molecular weight excluding hydrogens is 312 g/mol. The van der Waals surface area contributed by atoms with Gasteiger partial charge in [-0.05, 0) is 30.7 Å². The van der Waals surface area contributed by atoms with Crippen molar-refractivity contribution >= 4 is 5.84 Å². The standard InChI is InChI=1S/C20H16N4O/c1-2-25-18-16(12-21)17(15-9-5-6-10-15)20(13-22,19(23)24-18)11-14-7-3-4-8-14/h3-7,9,17H,2,11H2,1H3,(H2,23,24). The van der Waals surface area contributed by atoms with E-state index in [-0.39, 0.29) is 11.7 Å². The number of amidine groups is 1. The lowest BCUT2D eigenvalue weighted by Crippen LogP contribution is -2.46. The SMILES string of the molecule is CCOC1=C(C#N)C(C2=C=CC=C2)C(C#N)(CC2=C=CC=C2)C(N)=N1. The zero-order chi connectivity index (χ0) is 17.9. The van der Waals surface area contributed by atoms with E-state index in [1.165, 1.54) is 0 Å². The molecule has 0 fully saturated rings. The van der Waals surface area contributed by atoms with Crippen LogP contribution in [0.15, 0.2) is 75.5 Å². The van der Waals surface area contributed by atoms with Crippen molar-refractivity contribution in [2.45, 2.75) is 13.3 Å². The molecule has 2 unspecified atom stereocenters. The van der Waals surface area contributed by atoms with Gasteiger partial charge in [0.15, 0.2) is 0 Å². The molecule has 1 aliphatic heterocycles. The summed E-state index contributed by atoms with van der Waals surface area (Å²) in [5, 5.41) is 19.9. The first-order valence-electron chi connectivity index (χ1n) is 7.94. The van der Waals surface area contributed by atoms with Crippen LogP contribution in [0.4, 0.5) is 0 Å². The van der Waals surface area contributed by atoms with Crippen molar-refractivity contribution in [2.24, 2.45) is 22.1 Å². The maximum atomic E-state index is 10.1. The number of allylic oxidation sites excluding steroid dienone is 7. The van der Waals surface area contributed by atoms with Gasteiger partial charge in [-0.25, -0.2) is 0 Å². The van der Waals surface area contributed by atoms with Crippen LogP contribution in [0.3, 0.4) is 0 Å². The van der Waals surface area contributed by atoms with E-state index in [1.807, 2.05) is 31.2 Å². The molecule has 3 aliphatic rings. The summed E-state index contributed by atoms with van der Waals surface area (Å²) in [7, 11) is 0. The monoisotopic (exact) mass is 328 g/mol. The highest BCUT2D eigenvalue weighted by Gasteiger charge is 2.51. The largest absolute Gasteiger partial charge is 0.477 e. The Balaban J connectivity index is 2.21. The Morgan fingerprint density at radius 1 is 1.28 bits per heavy atom. The van der Waals surface area contributed by atoms with E-state index in [1.54, 1.807) is 12.2 Å². The average Bonchev–Trinajstić information content (AvgIpc) is 3.30. The molecule has 2 N–H and O–H groups in total. The molecule has 0 saturated carbocycles. The van der Waals surface area contributed by atoms with E-state index in [4.69, 9.17) is 10.5 Å². The molecule has 0 aromatic rings. The summed E-state index contributed by atoms with van der Waals surface area (Å²) in [4.78, 5) is 4.27. The number of hydrogen-bond acceptors (Lipinski definition) is 5. The molecule has 5 heteroatoms. The summed E-state index contributed by atoms with van der Waals surface area (Å²) in [5.74, 6) is -0.272. The van der Waals surface area contributed by atoms with Gasteiger partial charge in [0.05, 0.1) is 18.6 Å². The third-order valence-corrected chi connectivity index (χ3v) is 4.36. The van der Waals surface area contributed by atoms with E-state index < -0.39 is 11.3 Å². The summed E-state index contributed by atoms with van der Waals surface area (Å²) in [6.07, 6.45) is 11.2. The van der Waals surface area contributed by atoms with Crippen molar-refractivity contribution in [3.05, 3.63) is 70.5 Å². The van der Waals surface area contributed by atoms with Crippen LogP contribution in [-0.2, 0) is 4.74 Å². The van der Waals surface area contributed by atoms with Gasteiger partial charge in [0.1, 0.15) is 22.9 Å². The summed E-state index contributed by atoms with van der Waals surface area (Å²) in [6, 6.07) is 4.51. The predicted molar refractivity (Wildman–Crippen MR) is 93.5 cm³/mol. The molecule has 122 valence electrons. The van der Waals surface area contributed by atoms with Crippen molar-refractivity contribution in [1.82, 2.24) is 0 Å². The summed E-state index contributed by atoms with van der Waals surface area (Å²) in [5.41, 5.74) is 13.1. The molecule has 0 saturated heterocycles. The van der Waals surface area contributed by atoms with Gasteiger partial charge in [-0.15, -0.1) is 11.5 Å². The lowest BCUT2D eigenvalue weighted by Gasteiger charge is -2.37. The van der Waals surface area contributed by atoms with Crippen molar-refractivity contribution < 1.29 is 4.74 Å². The highest BCUT2D eigenvalue weighted by atomic mass is 16.5. The second kappa shape index (κ2) is 6.56. The molecule has 3 rings (SSSR count). The Morgan fingerprint density at radius 3 is 2.60 bits per heavy atom. The van der Waals surface area contributed by atoms with Crippen LogP contribution in [0.2, 0.25) is 0 Å². The molecule has 0 spiro atoms. The van der Waals surface area contributed by atoms with E-state index >= 15 is 0 Å². The fraction of sp³-hybridized carbons (Fsp3) is 0.250. The average molecular weight is 328 g/mol. The summed E-state index contributed by atoms with van der Waals surface area (Å²) >= 11 is 0. The van der Waals surface area contributed by atoms with Crippen LogP contribution in [0.25, 0.3) is 0 Å². The van der Waals surface area contributed by atoms with Gasteiger partial charge >= 0.3 is 0 Å². The van der Waals surface area contributed by atoms with E-state index in [0.717, 1.165) is 11.1 Å². The Bertz CT molecular complexity index is 949. The number of hydrogen-bond donors (Lipinski definition) is 1. The molecule has 0 bridgehead atoms. The van der Waals surface area contributed by atoms with Crippen molar-refractivity contribution in [3.8, 4) is 12.1 Å². The molecule has 2 aliphatic carbocycles. The van der Waals surface area contributed by atoms with Crippen molar-refractivity contribution in [3.63, 3.8) is 0 Å². The number of nitriles is 2. The normalized spacial score (nSPS) is 26.2. The summed E-state index contributed by atoms with van der Waals surface area (Å²) < 4.78 is 5.52. The van der Waals surface area contributed by atoms with Gasteiger partial charge < -0.3 is 10.5 Å². The molecule has 0 aromatic carbocycles. The first-order chi connectivity index (χ1) is 12.2. The smallest absolute Gasteiger partial charge is 0.229 e. The van der Waals surface area contributed by atoms with E-state index in [9.17, 15) is 10.5 Å². The first-order valence-corrected chi connectivity index (χ1v) is 7.94. The molecule has 1 heterocycles. The summed E-state index contributed by atoms with van der Waals surface area (Å²) in [6.45, 7) is 2.16. The molecule has 0 aromatic heterocycles. The lowest BCUT2D eigenvalue weighted by atomic mass is 9.64. The van der Waals surface area contributed by atoms with Crippen molar-refractivity contribution in [1.29, 1.82) is 10.5 Å². The number of rotatable bonds is 5. The molecule has 2 atom stereocenters. The lowest BCUT2D eigenvalue weighted by molar-refractivity contribution is 0.213. The fourth-order valence-corrected chi connectivity index (χ4v) is 3.22. The molecule has 5 nitrogen and oxygen atoms in total. The Kier molecular flexibility index (Phi) is 4.29. The van der Waals surface area contributed by atoms with E-state index in [2.05, 4.69) is 28.6 Å². The minimum absolute atomic E-state index is 0.145. The molecule has 0 radical (unpaired) electrons. The van der Waals surface area contributed by atoms with Gasteiger partial charge in [0.25, 0.3) is 0 Å². The van der Waals surface area contributed by atoms with Crippen LogP contribution < -0.4 is 5.73 Å². The zero-order valence-corrected chi connectivity index (χ0v) is 13.8. The third kappa shape index (κ3) is 2.65. The fourth-order valence-electron chi connectivity index (χ4n) is 3.22. The minimum Gasteiger partial charge on any atom is -0.477 e. The van der Waals surface area contributed by atoms with Gasteiger partial charge in [-0.1, -0.05) is 18.2 Å². The molecule has 25 heavy (non-hydrogen) atoms. The van der Waals surface area contributed by atoms with Crippen LogP contribution in [-0.4, -0.2) is 12.4 Å². The van der Waals surface area contributed by atoms with Crippen LogP contribution >= 0.6 is 0 Å². The minimum atomic E-state index is -1.19. The number of ether oxygens (including phenoxy) is 1. The first kappa shape index (κ1) is 16.4. The second-order valence-corrected chi connectivity index (χ2v) is 5.77. The maximum absolute atomic E-state index is 10.1. The number of nitrogens with zero attached hydrogens (tertiary/aromatic N) is 3. The van der Waals surface area contributed by atoms with E-state index in [0.29, 0.717) is 18.6 Å². The maximum Gasteiger partial charge on any atom is 0.229 e. The number of nitrogens with two attached hydrogens (primary N) is 1. The van der Waals surface area contributed by atoms with Gasteiger partial charge in [-0.3, -0.25) is 0 Å². The van der Waals surface area contributed by atoms with Crippen LogP contribution in [0, 0.1) is 34.0 Å². The van der Waals surface area contributed by atoms with Crippen molar-refractivity contribution in [2.75, 3.05) is 6.61 Å². The molecule has 0 amide bonds. The highest BCUT2D eigenvalue weighted by Crippen LogP contribution is 2.47. The topological polar surface area (TPSA) is 95.2 Å². The van der Waals surface area contributed by atoms with Gasteiger partial charge in [0, 0.05) is 12.0 Å². The number of aliphatic imine (C=N–C) groups is 1. The second-order valence-electron chi connectivity index (χ2n) is 5.77. The zero-order valence-electron chi connectivity index (χ0n) is 13.8. The quantitative estimate of drug-likeness (QED) is 0.785. The highest BCUT2D eigenvalue weighted by molar-refractivity contribution is 5.93.